The molecule has 0 aromatic carbocycles. The number of carbonyl (C=O) groups excluding carboxylic acids is 1. The van der Waals surface area contributed by atoms with Crippen molar-refractivity contribution in [1.82, 2.24) is 19.8 Å². The van der Waals surface area contributed by atoms with Crippen LogP contribution in [0.4, 0.5) is 5.82 Å². The summed E-state index contributed by atoms with van der Waals surface area (Å²) >= 11 is 3.40. The first-order chi connectivity index (χ1) is 16.7. The summed E-state index contributed by atoms with van der Waals surface area (Å²) in [5, 5.41) is 3.24. The molecule has 1 atom stereocenters. The van der Waals surface area contributed by atoms with E-state index in [1.807, 2.05) is 33.7 Å². The highest BCUT2D eigenvalue weighted by molar-refractivity contribution is 7.19. The highest BCUT2D eigenvalue weighted by atomic mass is 32.1. The Morgan fingerprint density at radius 2 is 1.97 bits per heavy atom. The fourth-order valence-corrected chi connectivity index (χ4v) is 7.39. The van der Waals surface area contributed by atoms with Gasteiger partial charge in [-0.1, -0.05) is 13.0 Å². The Bertz CT molecular complexity index is 1160. The number of amides is 1. The molecule has 1 aliphatic carbocycles. The maximum absolute atomic E-state index is 12.9. The van der Waals surface area contributed by atoms with Crippen LogP contribution in [0, 0.1) is 5.92 Å². The number of hydrogen-bond acceptors (Lipinski definition) is 8. The molecule has 3 aromatic heterocycles. The molecular weight excluding hydrogens is 466 g/mol. The van der Waals surface area contributed by atoms with Crippen molar-refractivity contribution in [1.29, 1.82) is 0 Å². The fourth-order valence-electron chi connectivity index (χ4n) is 5.30. The fraction of sp³-hybridized carbons (Fsp3) is 0.560. The lowest BCUT2D eigenvalue weighted by atomic mass is 9.89. The van der Waals surface area contributed by atoms with Gasteiger partial charge in [-0.3, -0.25) is 9.69 Å². The molecule has 9 heteroatoms. The van der Waals surface area contributed by atoms with Crippen LogP contribution in [0.15, 0.2) is 17.5 Å². The first kappa shape index (κ1) is 22.4. The van der Waals surface area contributed by atoms with Crippen LogP contribution in [-0.2, 0) is 24.1 Å². The molecule has 5 heterocycles. The van der Waals surface area contributed by atoms with Gasteiger partial charge in [0.15, 0.2) is 0 Å². The summed E-state index contributed by atoms with van der Waals surface area (Å²) in [5.41, 5.74) is 1.48. The van der Waals surface area contributed by atoms with Gasteiger partial charge in [-0.15, -0.1) is 22.7 Å². The van der Waals surface area contributed by atoms with Crippen LogP contribution in [0.1, 0.15) is 39.3 Å². The maximum atomic E-state index is 12.9. The van der Waals surface area contributed by atoms with Crippen molar-refractivity contribution < 1.29 is 9.53 Å². The highest BCUT2D eigenvalue weighted by Crippen LogP contribution is 2.41. The van der Waals surface area contributed by atoms with Crippen molar-refractivity contribution in [3.8, 4) is 0 Å². The van der Waals surface area contributed by atoms with Crippen LogP contribution in [0.5, 0.6) is 0 Å². The molecule has 3 aromatic rings. The quantitative estimate of drug-likeness (QED) is 0.548. The van der Waals surface area contributed by atoms with Crippen LogP contribution in [0.2, 0.25) is 0 Å². The van der Waals surface area contributed by atoms with Crippen molar-refractivity contribution in [3.05, 3.63) is 38.7 Å². The number of rotatable bonds is 4. The van der Waals surface area contributed by atoms with Gasteiger partial charge in [0.2, 0.25) is 0 Å². The van der Waals surface area contributed by atoms with Crippen LogP contribution >= 0.6 is 22.7 Å². The summed E-state index contributed by atoms with van der Waals surface area (Å²) in [6.07, 6.45) is 3.50. The predicted octanol–water partition coefficient (Wildman–Crippen LogP) is 3.67. The number of thiophene rings is 2. The molecule has 0 spiro atoms. The second-order valence-corrected chi connectivity index (χ2v) is 11.7. The van der Waals surface area contributed by atoms with Gasteiger partial charge in [0.05, 0.1) is 30.0 Å². The van der Waals surface area contributed by atoms with Crippen molar-refractivity contribution >= 4 is 44.6 Å². The predicted molar refractivity (Wildman–Crippen MR) is 137 cm³/mol. The Balaban J connectivity index is 1.30. The monoisotopic (exact) mass is 497 g/mol. The average molecular weight is 498 g/mol. The van der Waals surface area contributed by atoms with Crippen molar-refractivity contribution in [2.24, 2.45) is 5.92 Å². The molecule has 180 valence electrons. The second kappa shape index (κ2) is 9.53. The molecule has 1 amide bonds. The van der Waals surface area contributed by atoms with Crippen LogP contribution in [-0.4, -0.2) is 78.2 Å². The van der Waals surface area contributed by atoms with E-state index in [0.29, 0.717) is 0 Å². The van der Waals surface area contributed by atoms with Gasteiger partial charge in [-0.05, 0) is 42.2 Å². The van der Waals surface area contributed by atoms with Crippen LogP contribution in [0.3, 0.4) is 0 Å². The third kappa shape index (κ3) is 4.34. The summed E-state index contributed by atoms with van der Waals surface area (Å²) in [7, 11) is 0. The Kier molecular flexibility index (Phi) is 6.28. The van der Waals surface area contributed by atoms with Crippen molar-refractivity contribution in [3.63, 3.8) is 0 Å². The molecule has 6 rings (SSSR count). The zero-order valence-electron chi connectivity index (χ0n) is 19.7. The molecule has 0 saturated carbocycles. The van der Waals surface area contributed by atoms with E-state index in [1.165, 1.54) is 33.6 Å². The van der Waals surface area contributed by atoms with E-state index in [4.69, 9.17) is 14.7 Å². The van der Waals surface area contributed by atoms with E-state index in [-0.39, 0.29) is 5.91 Å². The van der Waals surface area contributed by atoms with Gasteiger partial charge in [0.1, 0.15) is 16.5 Å². The lowest BCUT2D eigenvalue weighted by Crippen LogP contribution is -2.49. The lowest BCUT2D eigenvalue weighted by Gasteiger charge is -2.36. The summed E-state index contributed by atoms with van der Waals surface area (Å²) in [5.74, 6) is 2.88. The standard InChI is InChI=1S/C25H31N5O2S2/c1-17-4-5-18-20(15-17)34-24-22(18)23(26-21(27-24)16-28-10-12-32-13-11-28)29-6-8-30(9-7-29)25(31)19-3-2-14-33-19/h2-3,14,17H,4-13,15-16H2,1H3/t17-/m1/s1. The van der Waals surface area contributed by atoms with E-state index in [2.05, 4.69) is 16.7 Å². The average Bonchev–Trinajstić information content (AvgIpc) is 3.52. The van der Waals surface area contributed by atoms with Crippen molar-refractivity contribution in [2.75, 3.05) is 57.4 Å². The first-order valence-corrected chi connectivity index (χ1v) is 14.0. The Labute approximate surface area is 208 Å². The smallest absolute Gasteiger partial charge is 0.264 e. The molecule has 34 heavy (non-hydrogen) atoms. The molecule has 7 nitrogen and oxygen atoms in total. The number of hydrogen-bond donors (Lipinski definition) is 0. The Hall–Kier alpha value is -2.07. The molecule has 2 fully saturated rings. The van der Waals surface area contributed by atoms with Gasteiger partial charge < -0.3 is 14.5 Å². The lowest BCUT2D eigenvalue weighted by molar-refractivity contribution is 0.0331. The SMILES string of the molecule is C[C@@H]1CCc2c(sc3nc(CN4CCOCC4)nc(N4CCN(C(=O)c5cccs5)CC4)c23)C1. The summed E-state index contributed by atoms with van der Waals surface area (Å²) in [6, 6.07) is 3.87. The first-order valence-electron chi connectivity index (χ1n) is 12.3. The van der Waals surface area contributed by atoms with Gasteiger partial charge in [-0.2, -0.15) is 0 Å². The van der Waals surface area contributed by atoms with E-state index >= 15 is 0 Å². The Morgan fingerprint density at radius 3 is 2.74 bits per heavy atom. The van der Waals surface area contributed by atoms with E-state index in [0.717, 1.165) is 99.1 Å². The van der Waals surface area contributed by atoms with Crippen LogP contribution < -0.4 is 4.90 Å². The summed E-state index contributed by atoms with van der Waals surface area (Å²) < 4.78 is 5.53. The number of anilines is 1. The van der Waals surface area contributed by atoms with Gasteiger partial charge in [0, 0.05) is 44.1 Å². The third-order valence-electron chi connectivity index (χ3n) is 7.25. The van der Waals surface area contributed by atoms with Crippen LogP contribution in [0.25, 0.3) is 10.2 Å². The minimum atomic E-state index is 0.150. The molecule has 3 aliphatic rings. The van der Waals surface area contributed by atoms with E-state index in [1.54, 1.807) is 0 Å². The number of ether oxygens (including phenoxy) is 1. The molecule has 0 bridgehead atoms. The minimum absolute atomic E-state index is 0.150. The van der Waals surface area contributed by atoms with E-state index < -0.39 is 0 Å². The number of carbonyl (C=O) groups is 1. The minimum Gasteiger partial charge on any atom is -0.379 e. The van der Waals surface area contributed by atoms with Gasteiger partial charge in [0.25, 0.3) is 5.91 Å². The molecular formula is C25H31N5O2S2. The van der Waals surface area contributed by atoms with Crippen molar-refractivity contribution in [2.45, 2.75) is 32.7 Å². The number of aryl methyl sites for hydroxylation is 1. The highest BCUT2D eigenvalue weighted by Gasteiger charge is 2.29. The largest absolute Gasteiger partial charge is 0.379 e. The number of aromatic nitrogens is 2. The molecule has 0 unspecified atom stereocenters. The Morgan fingerprint density at radius 1 is 1.15 bits per heavy atom. The normalized spacial score (nSPS) is 21.7. The summed E-state index contributed by atoms with van der Waals surface area (Å²) in [6.45, 7) is 9.60. The zero-order chi connectivity index (χ0) is 23.1. The molecule has 2 saturated heterocycles. The number of morpholine rings is 1. The topological polar surface area (TPSA) is 61.8 Å². The molecule has 2 aliphatic heterocycles. The summed E-state index contributed by atoms with van der Waals surface area (Å²) in [4.78, 5) is 33.3. The zero-order valence-corrected chi connectivity index (χ0v) is 21.3. The van der Waals surface area contributed by atoms with Gasteiger partial charge >= 0.3 is 0 Å². The maximum Gasteiger partial charge on any atom is 0.264 e. The number of piperazine rings is 1. The second-order valence-electron chi connectivity index (χ2n) is 9.64. The molecule has 0 N–H and O–H groups in total. The third-order valence-corrected chi connectivity index (χ3v) is 9.26. The molecule has 0 radical (unpaired) electrons. The van der Waals surface area contributed by atoms with E-state index in [9.17, 15) is 4.79 Å². The van der Waals surface area contributed by atoms with Gasteiger partial charge in [-0.25, -0.2) is 9.97 Å². The number of nitrogens with zero attached hydrogens (tertiary/aromatic N) is 5. The number of fused-ring (bicyclic) bond motifs is 3.